The van der Waals surface area contributed by atoms with Crippen molar-refractivity contribution in [3.63, 3.8) is 0 Å². The zero-order valence-corrected chi connectivity index (χ0v) is 16.6. The van der Waals surface area contributed by atoms with Crippen LogP contribution in [0.25, 0.3) is 0 Å². The number of rotatable bonds is 7. The Morgan fingerprint density at radius 2 is 1.81 bits per heavy atom. The van der Waals surface area contributed by atoms with E-state index in [1.165, 1.54) is 25.3 Å². The molecule has 2 aromatic rings. The van der Waals surface area contributed by atoms with Crippen LogP contribution in [0.5, 0.6) is 11.5 Å². The van der Waals surface area contributed by atoms with E-state index >= 15 is 0 Å². The second-order valence-corrected chi connectivity index (χ2v) is 6.44. The van der Waals surface area contributed by atoms with Crippen molar-refractivity contribution in [1.29, 1.82) is 0 Å². The van der Waals surface area contributed by atoms with E-state index in [9.17, 15) is 9.59 Å². The first-order chi connectivity index (χ1) is 12.8. The van der Waals surface area contributed by atoms with Crippen molar-refractivity contribution in [2.45, 2.75) is 13.0 Å². The smallest absolute Gasteiger partial charge is 0.340 e. The fraction of sp³-hybridized carbons (Fsp3) is 0.263. The lowest BCUT2D eigenvalue weighted by Crippen LogP contribution is -2.31. The largest absolute Gasteiger partial charge is 0.497 e. The molecule has 0 unspecified atom stereocenters. The molecule has 0 aliphatic carbocycles. The molecule has 0 radical (unpaired) electrons. The van der Waals surface area contributed by atoms with E-state index in [0.717, 1.165) is 5.56 Å². The number of methoxy groups -OCH3 is 2. The van der Waals surface area contributed by atoms with Gasteiger partial charge in [-0.05, 0) is 43.3 Å². The molecule has 0 saturated heterocycles. The number of halogens is 2. The SMILES string of the molecule is COc1ccc(OC)c([C@@H](C)NC(=O)COC(=O)c2ccc(Cl)cc2Cl)c1. The summed E-state index contributed by atoms with van der Waals surface area (Å²) in [5, 5.41) is 3.30. The van der Waals surface area contributed by atoms with E-state index < -0.39 is 18.5 Å². The minimum absolute atomic E-state index is 0.136. The number of hydrogen-bond acceptors (Lipinski definition) is 5. The zero-order valence-electron chi connectivity index (χ0n) is 15.0. The lowest BCUT2D eigenvalue weighted by Gasteiger charge is -2.18. The Hall–Kier alpha value is -2.44. The molecule has 0 aliphatic heterocycles. The first-order valence-electron chi connectivity index (χ1n) is 7.99. The van der Waals surface area contributed by atoms with Crippen LogP contribution < -0.4 is 14.8 Å². The topological polar surface area (TPSA) is 73.9 Å². The van der Waals surface area contributed by atoms with Gasteiger partial charge in [0.15, 0.2) is 6.61 Å². The molecule has 1 N–H and O–H groups in total. The van der Waals surface area contributed by atoms with Crippen LogP contribution in [0.15, 0.2) is 36.4 Å². The standard InChI is InChI=1S/C19H19Cl2NO5/c1-11(15-9-13(25-2)5-7-17(15)26-3)22-18(23)10-27-19(24)14-6-4-12(20)8-16(14)21/h4-9,11H,10H2,1-3H3,(H,22,23)/t11-/m1/s1. The fourth-order valence-electron chi connectivity index (χ4n) is 2.40. The first kappa shape index (κ1) is 20.9. The maximum Gasteiger partial charge on any atom is 0.340 e. The molecule has 144 valence electrons. The van der Waals surface area contributed by atoms with E-state index in [1.807, 2.05) is 0 Å². The van der Waals surface area contributed by atoms with E-state index in [1.54, 1.807) is 32.2 Å². The highest BCUT2D eigenvalue weighted by Crippen LogP contribution is 2.29. The summed E-state index contributed by atoms with van der Waals surface area (Å²) < 4.78 is 15.5. The molecular weight excluding hydrogens is 393 g/mol. The number of ether oxygens (including phenoxy) is 3. The highest BCUT2D eigenvalue weighted by molar-refractivity contribution is 6.36. The lowest BCUT2D eigenvalue weighted by atomic mass is 10.1. The Morgan fingerprint density at radius 1 is 1.07 bits per heavy atom. The number of amides is 1. The Morgan fingerprint density at radius 3 is 2.44 bits per heavy atom. The van der Waals surface area contributed by atoms with Crippen molar-refractivity contribution in [1.82, 2.24) is 5.32 Å². The number of esters is 1. The number of carbonyl (C=O) groups is 2. The maximum atomic E-state index is 12.1. The molecule has 27 heavy (non-hydrogen) atoms. The van der Waals surface area contributed by atoms with Gasteiger partial charge in [-0.2, -0.15) is 0 Å². The van der Waals surface area contributed by atoms with Gasteiger partial charge in [0.1, 0.15) is 11.5 Å². The van der Waals surface area contributed by atoms with E-state index in [4.69, 9.17) is 37.4 Å². The molecule has 0 aliphatic rings. The van der Waals surface area contributed by atoms with Gasteiger partial charge >= 0.3 is 5.97 Å². The molecule has 0 aromatic heterocycles. The summed E-state index contributed by atoms with van der Waals surface area (Å²) in [6, 6.07) is 9.27. The lowest BCUT2D eigenvalue weighted by molar-refractivity contribution is -0.124. The van der Waals surface area contributed by atoms with Gasteiger partial charge in [-0.1, -0.05) is 23.2 Å². The molecule has 0 bridgehead atoms. The van der Waals surface area contributed by atoms with Crippen LogP contribution in [0.1, 0.15) is 28.9 Å². The number of nitrogens with one attached hydrogen (secondary N) is 1. The molecule has 2 rings (SSSR count). The molecule has 2 aromatic carbocycles. The zero-order chi connectivity index (χ0) is 20.0. The van der Waals surface area contributed by atoms with Gasteiger partial charge in [-0.15, -0.1) is 0 Å². The average Bonchev–Trinajstić information content (AvgIpc) is 2.65. The third-order valence-corrected chi connectivity index (χ3v) is 4.31. The van der Waals surface area contributed by atoms with Crippen molar-refractivity contribution < 1.29 is 23.8 Å². The highest BCUT2D eigenvalue weighted by Gasteiger charge is 2.18. The summed E-state index contributed by atoms with van der Waals surface area (Å²) in [4.78, 5) is 24.2. The second-order valence-electron chi connectivity index (χ2n) is 5.60. The Bertz CT molecular complexity index is 841. The normalized spacial score (nSPS) is 11.4. The second kappa shape index (κ2) is 9.48. The molecule has 0 heterocycles. The third kappa shape index (κ3) is 5.52. The Labute approximate surface area is 167 Å². The Balaban J connectivity index is 1.98. The molecule has 1 atom stereocenters. The minimum atomic E-state index is -0.710. The molecule has 0 saturated carbocycles. The predicted molar refractivity (Wildman–Crippen MR) is 103 cm³/mol. The van der Waals surface area contributed by atoms with Crippen LogP contribution in [-0.4, -0.2) is 32.7 Å². The van der Waals surface area contributed by atoms with Crippen molar-refractivity contribution in [2.24, 2.45) is 0 Å². The molecule has 0 fully saturated rings. The molecule has 6 nitrogen and oxygen atoms in total. The minimum Gasteiger partial charge on any atom is -0.497 e. The van der Waals surface area contributed by atoms with Crippen molar-refractivity contribution in [3.8, 4) is 11.5 Å². The van der Waals surface area contributed by atoms with E-state index in [-0.39, 0.29) is 16.6 Å². The number of benzene rings is 2. The van der Waals surface area contributed by atoms with Gasteiger partial charge in [0, 0.05) is 10.6 Å². The summed E-state index contributed by atoms with van der Waals surface area (Å²) in [6.07, 6.45) is 0. The van der Waals surface area contributed by atoms with Crippen LogP contribution in [0, 0.1) is 0 Å². The monoisotopic (exact) mass is 411 g/mol. The fourth-order valence-corrected chi connectivity index (χ4v) is 2.89. The highest BCUT2D eigenvalue weighted by atomic mass is 35.5. The summed E-state index contributed by atoms with van der Waals surface area (Å²) in [5.41, 5.74) is 0.869. The van der Waals surface area contributed by atoms with Crippen LogP contribution in [0.2, 0.25) is 10.0 Å². The van der Waals surface area contributed by atoms with Crippen molar-refractivity contribution >= 4 is 35.1 Å². The quantitative estimate of drug-likeness (QED) is 0.695. The third-order valence-electron chi connectivity index (χ3n) is 3.77. The molecule has 1 amide bonds. The molecule has 8 heteroatoms. The van der Waals surface area contributed by atoms with Gasteiger partial charge in [-0.3, -0.25) is 4.79 Å². The van der Waals surface area contributed by atoms with E-state index in [2.05, 4.69) is 5.32 Å². The molecule has 0 spiro atoms. The molecular formula is C19H19Cl2NO5. The first-order valence-corrected chi connectivity index (χ1v) is 8.74. The van der Waals surface area contributed by atoms with Crippen LogP contribution in [0.3, 0.4) is 0 Å². The van der Waals surface area contributed by atoms with Gasteiger partial charge < -0.3 is 19.5 Å². The summed E-state index contributed by atoms with van der Waals surface area (Å²) in [5.74, 6) is 0.0634. The summed E-state index contributed by atoms with van der Waals surface area (Å²) in [6.45, 7) is 1.33. The van der Waals surface area contributed by atoms with Gasteiger partial charge in [0.2, 0.25) is 0 Å². The van der Waals surface area contributed by atoms with Crippen LogP contribution in [0.4, 0.5) is 0 Å². The predicted octanol–water partition coefficient (Wildman–Crippen LogP) is 4.04. The number of carbonyl (C=O) groups excluding carboxylic acids is 2. The van der Waals surface area contributed by atoms with Crippen molar-refractivity contribution in [3.05, 3.63) is 57.6 Å². The van der Waals surface area contributed by atoms with Gasteiger partial charge in [0.05, 0.1) is 30.8 Å². The summed E-state index contributed by atoms with van der Waals surface area (Å²) >= 11 is 11.7. The Kier molecular flexibility index (Phi) is 7.33. The maximum absolute atomic E-state index is 12.1. The van der Waals surface area contributed by atoms with Gasteiger partial charge in [-0.25, -0.2) is 4.79 Å². The number of hydrogen-bond donors (Lipinski definition) is 1. The van der Waals surface area contributed by atoms with Crippen molar-refractivity contribution in [2.75, 3.05) is 20.8 Å². The van der Waals surface area contributed by atoms with E-state index in [0.29, 0.717) is 16.5 Å². The van der Waals surface area contributed by atoms with Gasteiger partial charge in [0.25, 0.3) is 5.91 Å². The summed E-state index contributed by atoms with van der Waals surface area (Å²) in [7, 11) is 3.09. The van der Waals surface area contributed by atoms with Crippen LogP contribution >= 0.6 is 23.2 Å². The average molecular weight is 412 g/mol. The van der Waals surface area contributed by atoms with Crippen LogP contribution in [-0.2, 0) is 9.53 Å².